The zero-order valence-corrected chi connectivity index (χ0v) is 15.7. The highest BCUT2D eigenvalue weighted by Gasteiger charge is 2.22. The van der Waals surface area contributed by atoms with Gasteiger partial charge in [-0.05, 0) is 45.0 Å². The van der Waals surface area contributed by atoms with Crippen molar-refractivity contribution in [3.8, 4) is 0 Å². The van der Waals surface area contributed by atoms with Gasteiger partial charge in [-0.15, -0.1) is 0 Å². The van der Waals surface area contributed by atoms with Gasteiger partial charge in [0.15, 0.2) is 0 Å². The van der Waals surface area contributed by atoms with Gasteiger partial charge in [0, 0.05) is 26.2 Å². The molecule has 1 fully saturated rings. The summed E-state index contributed by atoms with van der Waals surface area (Å²) in [5.41, 5.74) is 0.331. The van der Waals surface area contributed by atoms with Crippen LogP contribution >= 0.6 is 0 Å². The Morgan fingerprint density at radius 3 is 2.40 bits per heavy atom. The Hall–Kier alpha value is -1.48. The summed E-state index contributed by atoms with van der Waals surface area (Å²) in [5.74, 6) is -0.463. The molecule has 0 amide bonds. The molecule has 7 nitrogen and oxygen atoms in total. The number of morpholine rings is 1. The second-order valence-corrected chi connectivity index (χ2v) is 7.93. The first-order chi connectivity index (χ1) is 11.8. The molecule has 140 valence electrons. The van der Waals surface area contributed by atoms with Crippen LogP contribution in [0.5, 0.6) is 0 Å². The minimum absolute atomic E-state index is 0.129. The average Bonchev–Trinajstić information content (AvgIpc) is 2.54. The fraction of sp³-hybridized carbons (Fsp3) is 0.588. The molecule has 0 aromatic heterocycles. The van der Waals surface area contributed by atoms with E-state index in [2.05, 4.69) is 9.62 Å². The summed E-state index contributed by atoms with van der Waals surface area (Å²) in [6.07, 6.45) is 0.298. The standard InChI is InChI=1S/C17H26N2O5S/c1-4-23-17(20)15-5-7-16(8-6-15)25(21,22)18-9-10-19-11-13(2)24-14(3)12-19/h5-8,13-14,18H,4,9-12H2,1-3H3. The van der Waals surface area contributed by atoms with E-state index >= 15 is 0 Å². The van der Waals surface area contributed by atoms with Crippen molar-refractivity contribution in [2.45, 2.75) is 37.9 Å². The summed E-state index contributed by atoms with van der Waals surface area (Å²) in [6.45, 7) is 8.55. The van der Waals surface area contributed by atoms with Crippen molar-refractivity contribution in [1.29, 1.82) is 0 Å². The van der Waals surface area contributed by atoms with E-state index in [0.717, 1.165) is 13.1 Å². The first kappa shape index (κ1) is 19.8. The third-order valence-electron chi connectivity index (χ3n) is 3.89. The molecule has 1 aliphatic heterocycles. The number of ether oxygens (including phenoxy) is 2. The lowest BCUT2D eigenvalue weighted by Crippen LogP contribution is -2.47. The molecule has 1 N–H and O–H groups in total. The molecule has 1 heterocycles. The predicted molar refractivity (Wildman–Crippen MR) is 94.0 cm³/mol. The fourth-order valence-corrected chi connectivity index (χ4v) is 3.89. The lowest BCUT2D eigenvalue weighted by atomic mass is 10.2. The van der Waals surface area contributed by atoms with Gasteiger partial charge in [0.05, 0.1) is 29.3 Å². The van der Waals surface area contributed by atoms with Crippen molar-refractivity contribution in [1.82, 2.24) is 9.62 Å². The first-order valence-corrected chi connectivity index (χ1v) is 9.94. The third kappa shape index (κ3) is 5.78. The van der Waals surface area contributed by atoms with Crippen molar-refractivity contribution in [3.05, 3.63) is 29.8 Å². The molecule has 1 saturated heterocycles. The van der Waals surface area contributed by atoms with Gasteiger partial charge in [0.25, 0.3) is 0 Å². The summed E-state index contributed by atoms with van der Waals surface area (Å²) in [7, 11) is -3.60. The van der Waals surface area contributed by atoms with E-state index in [1.54, 1.807) is 6.92 Å². The monoisotopic (exact) mass is 370 g/mol. The van der Waals surface area contributed by atoms with Gasteiger partial charge in [0.1, 0.15) is 0 Å². The van der Waals surface area contributed by atoms with Crippen molar-refractivity contribution in [2.24, 2.45) is 0 Å². The number of hydrogen-bond acceptors (Lipinski definition) is 6. The largest absolute Gasteiger partial charge is 0.462 e. The molecule has 2 unspecified atom stereocenters. The Kier molecular flexibility index (Phi) is 6.95. The Balaban J connectivity index is 1.89. The summed E-state index contributed by atoms with van der Waals surface area (Å²) in [6, 6.07) is 5.73. The number of nitrogens with one attached hydrogen (secondary N) is 1. The fourth-order valence-electron chi connectivity index (χ4n) is 2.87. The zero-order chi connectivity index (χ0) is 18.4. The van der Waals surface area contributed by atoms with Crippen LogP contribution in [0.25, 0.3) is 0 Å². The SMILES string of the molecule is CCOC(=O)c1ccc(S(=O)(=O)NCCN2CC(C)OC(C)C2)cc1. The van der Waals surface area contributed by atoms with Crippen LogP contribution in [0.15, 0.2) is 29.2 Å². The Morgan fingerprint density at radius 2 is 1.84 bits per heavy atom. The number of carbonyl (C=O) groups is 1. The highest BCUT2D eigenvalue weighted by molar-refractivity contribution is 7.89. The van der Waals surface area contributed by atoms with Crippen LogP contribution in [0.3, 0.4) is 0 Å². The van der Waals surface area contributed by atoms with Crippen LogP contribution in [0.4, 0.5) is 0 Å². The smallest absolute Gasteiger partial charge is 0.338 e. The van der Waals surface area contributed by atoms with Gasteiger partial charge in [-0.3, -0.25) is 4.90 Å². The lowest BCUT2D eigenvalue weighted by Gasteiger charge is -2.35. The molecule has 0 bridgehead atoms. The quantitative estimate of drug-likeness (QED) is 0.727. The number of nitrogens with zero attached hydrogens (tertiary/aromatic N) is 1. The van der Waals surface area contributed by atoms with E-state index in [0.29, 0.717) is 18.7 Å². The van der Waals surface area contributed by atoms with Gasteiger partial charge >= 0.3 is 5.97 Å². The maximum Gasteiger partial charge on any atom is 0.338 e. The zero-order valence-electron chi connectivity index (χ0n) is 14.9. The van der Waals surface area contributed by atoms with Gasteiger partial charge in [-0.2, -0.15) is 0 Å². The lowest BCUT2D eigenvalue weighted by molar-refractivity contribution is -0.0671. The van der Waals surface area contributed by atoms with Crippen LogP contribution < -0.4 is 4.72 Å². The van der Waals surface area contributed by atoms with E-state index in [1.807, 2.05) is 13.8 Å². The summed E-state index contributed by atoms with van der Waals surface area (Å²) < 4.78 is 37.8. The summed E-state index contributed by atoms with van der Waals surface area (Å²) in [4.78, 5) is 13.9. The first-order valence-electron chi connectivity index (χ1n) is 8.46. The molecule has 0 radical (unpaired) electrons. The van der Waals surface area contributed by atoms with Crippen LogP contribution in [-0.4, -0.2) is 64.3 Å². The van der Waals surface area contributed by atoms with Crippen molar-refractivity contribution >= 4 is 16.0 Å². The molecule has 2 rings (SSSR count). The number of rotatable bonds is 7. The molecular weight excluding hydrogens is 344 g/mol. The topological polar surface area (TPSA) is 84.9 Å². The van der Waals surface area contributed by atoms with Gasteiger partial charge < -0.3 is 9.47 Å². The molecule has 25 heavy (non-hydrogen) atoms. The molecule has 0 aliphatic carbocycles. The second-order valence-electron chi connectivity index (χ2n) is 6.16. The van der Waals surface area contributed by atoms with Crippen molar-refractivity contribution in [3.63, 3.8) is 0 Å². The molecule has 1 aliphatic rings. The number of esters is 1. The van der Waals surface area contributed by atoms with Crippen LogP contribution in [0.1, 0.15) is 31.1 Å². The maximum atomic E-state index is 12.3. The molecule has 2 atom stereocenters. The minimum atomic E-state index is -3.60. The Bertz CT molecular complexity index is 665. The van der Waals surface area contributed by atoms with E-state index in [-0.39, 0.29) is 23.7 Å². The highest BCUT2D eigenvalue weighted by atomic mass is 32.2. The molecule has 8 heteroatoms. The summed E-state index contributed by atoms with van der Waals surface area (Å²) >= 11 is 0. The molecule has 0 spiro atoms. The number of hydrogen-bond donors (Lipinski definition) is 1. The third-order valence-corrected chi connectivity index (χ3v) is 5.37. The summed E-state index contributed by atoms with van der Waals surface area (Å²) in [5, 5.41) is 0. The van der Waals surface area contributed by atoms with E-state index in [9.17, 15) is 13.2 Å². The Morgan fingerprint density at radius 1 is 1.24 bits per heavy atom. The molecule has 0 saturated carbocycles. The average molecular weight is 370 g/mol. The van der Waals surface area contributed by atoms with Crippen LogP contribution in [0.2, 0.25) is 0 Å². The minimum Gasteiger partial charge on any atom is -0.462 e. The maximum absolute atomic E-state index is 12.3. The Labute approximate surface area is 149 Å². The van der Waals surface area contributed by atoms with Crippen LogP contribution in [-0.2, 0) is 19.5 Å². The predicted octanol–water partition coefficient (Wildman–Crippen LogP) is 1.25. The normalized spacial score (nSPS) is 21.9. The number of carbonyl (C=O) groups excluding carboxylic acids is 1. The number of sulfonamides is 1. The van der Waals surface area contributed by atoms with Gasteiger partial charge in [-0.25, -0.2) is 17.9 Å². The van der Waals surface area contributed by atoms with Gasteiger partial charge in [-0.1, -0.05) is 0 Å². The van der Waals surface area contributed by atoms with Crippen LogP contribution in [0, 0.1) is 0 Å². The number of benzene rings is 1. The highest BCUT2D eigenvalue weighted by Crippen LogP contribution is 2.12. The van der Waals surface area contributed by atoms with Gasteiger partial charge in [0.2, 0.25) is 10.0 Å². The second kappa shape index (κ2) is 8.75. The van der Waals surface area contributed by atoms with E-state index < -0.39 is 16.0 Å². The van der Waals surface area contributed by atoms with Crippen molar-refractivity contribution in [2.75, 3.05) is 32.8 Å². The molecule has 1 aromatic carbocycles. The van der Waals surface area contributed by atoms with E-state index in [4.69, 9.17) is 9.47 Å². The van der Waals surface area contributed by atoms with Crippen molar-refractivity contribution < 1.29 is 22.7 Å². The molecular formula is C17H26N2O5S. The molecule has 1 aromatic rings. The van der Waals surface area contributed by atoms with E-state index in [1.165, 1.54) is 24.3 Å².